The van der Waals surface area contributed by atoms with Crippen molar-refractivity contribution in [1.29, 1.82) is 0 Å². The van der Waals surface area contributed by atoms with Crippen LogP contribution in [0, 0.1) is 0 Å². The summed E-state index contributed by atoms with van der Waals surface area (Å²) in [6.45, 7) is 0.756. The van der Waals surface area contributed by atoms with E-state index in [2.05, 4.69) is 0 Å². The lowest BCUT2D eigenvalue weighted by atomic mass is 10.0. The number of carbonyl (C=O) groups excluding carboxylic acids is 3. The average molecular weight is 362 g/mol. The van der Waals surface area contributed by atoms with Gasteiger partial charge in [-0.2, -0.15) is 0 Å². The summed E-state index contributed by atoms with van der Waals surface area (Å²) in [6.07, 6.45) is 3.25. The van der Waals surface area contributed by atoms with Gasteiger partial charge in [-0.1, -0.05) is 42.5 Å². The number of ether oxygens (including phenoxy) is 1. The SMILES string of the molecule is O=C([C@@H](Cc1ccccc1)N1C(=O)c2ccccc2C1=O)N1C=COCC1. The molecule has 0 radical (unpaired) electrons. The van der Waals surface area contributed by atoms with Gasteiger partial charge in [-0.3, -0.25) is 19.3 Å². The zero-order valence-electron chi connectivity index (χ0n) is 14.6. The first-order valence-electron chi connectivity index (χ1n) is 8.76. The molecule has 2 heterocycles. The molecule has 2 aliphatic heterocycles. The van der Waals surface area contributed by atoms with E-state index < -0.39 is 17.9 Å². The minimum Gasteiger partial charge on any atom is -0.498 e. The maximum absolute atomic E-state index is 13.2. The maximum Gasteiger partial charge on any atom is 0.262 e. The Bertz CT molecular complexity index is 888. The largest absolute Gasteiger partial charge is 0.498 e. The Kier molecular flexibility index (Phi) is 4.46. The zero-order chi connectivity index (χ0) is 18.8. The van der Waals surface area contributed by atoms with Gasteiger partial charge in [0.2, 0.25) is 5.91 Å². The molecule has 0 fully saturated rings. The van der Waals surface area contributed by atoms with Crippen LogP contribution in [-0.4, -0.2) is 46.7 Å². The molecule has 0 unspecified atom stereocenters. The Morgan fingerprint density at radius 1 is 0.963 bits per heavy atom. The highest BCUT2D eigenvalue weighted by atomic mass is 16.5. The van der Waals surface area contributed by atoms with E-state index in [1.165, 1.54) is 11.2 Å². The monoisotopic (exact) mass is 362 g/mol. The molecule has 6 heteroatoms. The number of amides is 3. The van der Waals surface area contributed by atoms with Crippen molar-refractivity contribution >= 4 is 17.7 Å². The number of imide groups is 1. The molecule has 0 N–H and O–H groups in total. The summed E-state index contributed by atoms with van der Waals surface area (Å²) in [6, 6.07) is 15.1. The predicted molar refractivity (Wildman–Crippen MR) is 97.7 cm³/mol. The molecule has 0 aromatic heterocycles. The normalized spacial score (nSPS) is 16.9. The van der Waals surface area contributed by atoms with E-state index >= 15 is 0 Å². The van der Waals surface area contributed by atoms with Gasteiger partial charge < -0.3 is 9.64 Å². The van der Waals surface area contributed by atoms with Crippen molar-refractivity contribution in [2.24, 2.45) is 0 Å². The number of fused-ring (bicyclic) bond motifs is 1. The predicted octanol–water partition coefficient (Wildman–Crippen LogP) is 2.22. The third-order valence-electron chi connectivity index (χ3n) is 4.76. The lowest BCUT2D eigenvalue weighted by Crippen LogP contribution is -2.51. The summed E-state index contributed by atoms with van der Waals surface area (Å²) < 4.78 is 5.14. The molecule has 0 saturated carbocycles. The minimum atomic E-state index is -0.914. The molecule has 2 aliphatic rings. The van der Waals surface area contributed by atoms with Gasteiger partial charge >= 0.3 is 0 Å². The number of benzene rings is 2. The van der Waals surface area contributed by atoms with Crippen molar-refractivity contribution in [2.45, 2.75) is 12.5 Å². The first kappa shape index (κ1) is 17.0. The molecule has 1 atom stereocenters. The van der Waals surface area contributed by atoms with Crippen LogP contribution >= 0.6 is 0 Å². The summed E-state index contributed by atoms with van der Waals surface area (Å²) in [5, 5.41) is 0. The Morgan fingerprint density at radius 3 is 2.19 bits per heavy atom. The molecule has 3 amide bonds. The number of hydrogen-bond donors (Lipinski definition) is 0. The van der Waals surface area contributed by atoms with E-state index in [0.717, 1.165) is 10.5 Å². The third-order valence-corrected chi connectivity index (χ3v) is 4.76. The third kappa shape index (κ3) is 3.10. The molecule has 4 rings (SSSR count). The molecule has 0 spiro atoms. The zero-order valence-corrected chi connectivity index (χ0v) is 14.6. The fourth-order valence-corrected chi connectivity index (χ4v) is 3.40. The van der Waals surface area contributed by atoms with Gasteiger partial charge in [-0.25, -0.2) is 0 Å². The first-order valence-corrected chi connectivity index (χ1v) is 8.76. The molecular formula is C21H18N2O4. The number of nitrogens with zero attached hydrogens (tertiary/aromatic N) is 2. The van der Waals surface area contributed by atoms with Gasteiger partial charge in [-0.15, -0.1) is 0 Å². The number of hydrogen-bond acceptors (Lipinski definition) is 4. The van der Waals surface area contributed by atoms with Crippen LogP contribution in [0.15, 0.2) is 67.1 Å². The summed E-state index contributed by atoms with van der Waals surface area (Å²) in [5.41, 5.74) is 1.56. The van der Waals surface area contributed by atoms with Crippen LogP contribution < -0.4 is 0 Å². The van der Waals surface area contributed by atoms with E-state index in [4.69, 9.17) is 4.74 Å². The van der Waals surface area contributed by atoms with Crippen molar-refractivity contribution in [3.05, 3.63) is 83.7 Å². The summed E-state index contributed by atoms with van der Waals surface area (Å²) in [4.78, 5) is 41.6. The highest BCUT2D eigenvalue weighted by Crippen LogP contribution is 2.27. The summed E-state index contributed by atoms with van der Waals surface area (Å²) in [5.74, 6) is -1.16. The fourth-order valence-electron chi connectivity index (χ4n) is 3.40. The van der Waals surface area contributed by atoms with Gasteiger partial charge in [0.15, 0.2) is 0 Å². The molecule has 0 saturated heterocycles. The Morgan fingerprint density at radius 2 is 1.59 bits per heavy atom. The van der Waals surface area contributed by atoms with E-state index in [-0.39, 0.29) is 12.3 Å². The van der Waals surface area contributed by atoms with Crippen molar-refractivity contribution in [3.63, 3.8) is 0 Å². The van der Waals surface area contributed by atoms with E-state index in [0.29, 0.717) is 24.3 Å². The number of carbonyl (C=O) groups is 3. The van der Waals surface area contributed by atoms with Crippen molar-refractivity contribution in [2.75, 3.05) is 13.2 Å². The molecule has 2 aromatic carbocycles. The lowest BCUT2D eigenvalue weighted by Gasteiger charge is -2.31. The molecule has 136 valence electrons. The van der Waals surface area contributed by atoms with Crippen molar-refractivity contribution < 1.29 is 19.1 Å². The Balaban J connectivity index is 1.71. The van der Waals surface area contributed by atoms with E-state index in [1.807, 2.05) is 30.3 Å². The van der Waals surface area contributed by atoms with Gasteiger partial charge in [0.25, 0.3) is 11.8 Å². The van der Waals surface area contributed by atoms with Crippen LogP contribution in [0.5, 0.6) is 0 Å². The van der Waals surface area contributed by atoms with Crippen LogP contribution in [0.2, 0.25) is 0 Å². The standard InChI is InChI=1S/C21H18N2O4/c24-19-16-8-4-5-9-17(16)20(25)23(19)18(14-15-6-2-1-3-7-15)21(26)22-10-12-27-13-11-22/h1-10,12,18H,11,13-14H2/t18-/m1/s1. The van der Waals surface area contributed by atoms with Gasteiger partial charge in [0, 0.05) is 12.6 Å². The minimum absolute atomic E-state index is 0.260. The second-order valence-electron chi connectivity index (χ2n) is 6.42. The van der Waals surface area contributed by atoms with Crippen LogP contribution in [-0.2, 0) is 16.0 Å². The first-order chi connectivity index (χ1) is 13.2. The lowest BCUT2D eigenvalue weighted by molar-refractivity contribution is -0.133. The highest BCUT2D eigenvalue weighted by Gasteiger charge is 2.43. The summed E-state index contributed by atoms with van der Waals surface area (Å²) >= 11 is 0. The Labute approximate surface area is 156 Å². The Hall–Kier alpha value is -3.41. The molecule has 2 aromatic rings. The van der Waals surface area contributed by atoms with Gasteiger partial charge in [-0.05, 0) is 17.7 Å². The summed E-state index contributed by atoms with van der Waals surface area (Å²) in [7, 11) is 0. The highest BCUT2D eigenvalue weighted by molar-refractivity contribution is 6.22. The quantitative estimate of drug-likeness (QED) is 0.783. The second kappa shape index (κ2) is 7.07. The van der Waals surface area contributed by atoms with Crippen LogP contribution in [0.25, 0.3) is 0 Å². The average Bonchev–Trinajstić information content (AvgIpc) is 2.98. The van der Waals surface area contributed by atoms with Crippen LogP contribution in [0.1, 0.15) is 26.3 Å². The fraction of sp³-hybridized carbons (Fsp3) is 0.190. The van der Waals surface area contributed by atoms with Crippen LogP contribution in [0.3, 0.4) is 0 Å². The molecule has 6 nitrogen and oxygen atoms in total. The number of rotatable bonds is 4. The maximum atomic E-state index is 13.2. The topological polar surface area (TPSA) is 66.9 Å². The van der Waals surface area contributed by atoms with Crippen LogP contribution in [0.4, 0.5) is 0 Å². The smallest absolute Gasteiger partial charge is 0.262 e. The van der Waals surface area contributed by atoms with Crippen molar-refractivity contribution in [3.8, 4) is 0 Å². The van der Waals surface area contributed by atoms with E-state index in [9.17, 15) is 14.4 Å². The molecular weight excluding hydrogens is 344 g/mol. The molecule has 0 bridgehead atoms. The molecule has 0 aliphatic carbocycles. The van der Waals surface area contributed by atoms with Crippen molar-refractivity contribution in [1.82, 2.24) is 9.80 Å². The second-order valence-corrected chi connectivity index (χ2v) is 6.42. The van der Waals surface area contributed by atoms with Gasteiger partial charge in [0.05, 0.1) is 23.9 Å². The van der Waals surface area contributed by atoms with E-state index in [1.54, 1.807) is 30.5 Å². The van der Waals surface area contributed by atoms with Gasteiger partial charge in [0.1, 0.15) is 12.6 Å². The molecule has 27 heavy (non-hydrogen) atoms.